The summed E-state index contributed by atoms with van der Waals surface area (Å²) in [7, 11) is 0. The Balaban J connectivity index is 2.29. The van der Waals surface area contributed by atoms with Crippen LogP contribution in [-0.2, 0) is 4.79 Å². The van der Waals surface area contributed by atoms with Crippen molar-refractivity contribution in [2.75, 3.05) is 25.1 Å². The smallest absolute Gasteiger partial charge is 0.246 e. The molecule has 0 fully saturated rings. The van der Waals surface area contributed by atoms with Crippen molar-refractivity contribution in [1.82, 2.24) is 5.32 Å². The number of likely N-dealkylation sites (N-methyl/N-ethyl adjacent to an activating group) is 1. The third-order valence-corrected chi connectivity index (χ3v) is 2.99. The Morgan fingerprint density at radius 2 is 2.33 bits per heavy atom. The molecule has 0 radical (unpaired) electrons. The average molecular weight is 271 g/mol. The van der Waals surface area contributed by atoms with Crippen LogP contribution in [0.1, 0.15) is 18.5 Å². The van der Waals surface area contributed by atoms with E-state index >= 15 is 0 Å². The molecule has 6 heteroatoms. The van der Waals surface area contributed by atoms with E-state index in [9.17, 15) is 4.79 Å². The number of halogens is 1. The van der Waals surface area contributed by atoms with Crippen LogP contribution in [0.2, 0.25) is 5.02 Å². The van der Waals surface area contributed by atoms with Crippen molar-refractivity contribution < 1.29 is 14.6 Å². The number of aliphatic hydroxyl groups is 1. The number of aliphatic hydroxyl groups excluding tert-OH is 1. The standard InChI is InChI=1S/C12H15ClN2O3/c1-2-14-11-7-5-8(13)10(18-4-3-16)6-9(7)15-12(11)17/h5-6,11,14,16H,2-4H2,1H3,(H,15,17). The zero-order valence-electron chi connectivity index (χ0n) is 10.00. The number of hydrogen-bond donors (Lipinski definition) is 3. The maximum absolute atomic E-state index is 11.8. The molecular weight excluding hydrogens is 256 g/mol. The molecule has 18 heavy (non-hydrogen) atoms. The predicted octanol–water partition coefficient (Wildman–Crippen LogP) is 1.31. The summed E-state index contributed by atoms with van der Waals surface area (Å²) >= 11 is 6.08. The van der Waals surface area contributed by atoms with E-state index < -0.39 is 0 Å². The molecule has 1 aliphatic rings. The number of benzene rings is 1. The highest BCUT2D eigenvalue weighted by Crippen LogP contribution is 2.38. The van der Waals surface area contributed by atoms with E-state index in [0.29, 0.717) is 23.0 Å². The Morgan fingerprint density at radius 1 is 1.56 bits per heavy atom. The van der Waals surface area contributed by atoms with Gasteiger partial charge in [0.1, 0.15) is 18.4 Å². The molecular formula is C12H15ClN2O3. The second-order valence-electron chi connectivity index (χ2n) is 3.92. The molecule has 0 bridgehead atoms. The largest absolute Gasteiger partial charge is 0.490 e. The Hall–Kier alpha value is -1.30. The molecule has 0 saturated carbocycles. The minimum atomic E-state index is -0.366. The summed E-state index contributed by atoms with van der Waals surface area (Å²) in [5.74, 6) is 0.365. The van der Waals surface area contributed by atoms with Crippen molar-refractivity contribution in [3.05, 3.63) is 22.7 Å². The average Bonchev–Trinajstić information content (AvgIpc) is 2.64. The van der Waals surface area contributed by atoms with E-state index in [1.807, 2.05) is 6.92 Å². The zero-order valence-corrected chi connectivity index (χ0v) is 10.8. The first kappa shape index (κ1) is 13.1. The Bertz CT molecular complexity index is 465. The summed E-state index contributed by atoms with van der Waals surface area (Å²) in [6.07, 6.45) is 0. The number of ether oxygens (including phenoxy) is 1. The maximum Gasteiger partial charge on any atom is 0.246 e. The highest BCUT2D eigenvalue weighted by atomic mass is 35.5. The molecule has 98 valence electrons. The van der Waals surface area contributed by atoms with E-state index in [0.717, 1.165) is 5.56 Å². The van der Waals surface area contributed by atoms with E-state index in [-0.39, 0.29) is 25.2 Å². The number of amides is 1. The number of anilines is 1. The van der Waals surface area contributed by atoms with Gasteiger partial charge in [-0.15, -0.1) is 0 Å². The number of hydrogen-bond acceptors (Lipinski definition) is 4. The van der Waals surface area contributed by atoms with Crippen LogP contribution in [0.4, 0.5) is 5.69 Å². The number of rotatable bonds is 5. The normalized spacial score (nSPS) is 17.5. The SMILES string of the molecule is CCNC1C(=O)Nc2cc(OCCO)c(Cl)cc21. The van der Waals surface area contributed by atoms with Gasteiger partial charge < -0.3 is 20.5 Å². The van der Waals surface area contributed by atoms with Crippen LogP contribution in [0.15, 0.2) is 12.1 Å². The Labute approximate surface area is 110 Å². The summed E-state index contributed by atoms with van der Waals surface area (Å²) in [4.78, 5) is 11.8. The van der Waals surface area contributed by atoms with Gasteiger partial charge in [0.25, 0.3) is 0 Å². The van der Waals surface area contributed by atoms with Gasteiger partial charge in [0.15, 0.2) is 0 Å². The third kappa shape index (κ3) is 2.43. The van der Waals surface area contributed by atoms with Gasteiger partial charge >= 0.3 is 0 Å². The summed E-state index contributed by atoms with van der Waals surface area (Å²) in [5.41, 5.74) is 1.52. The highest BCUT2D eigenvalue weighted by Gasteiger charge is 2.30. The Morgan fingerprint density at radius 3 is 3.00 bits per heavy atom. The molecule has 0 aromatic heterocycles. The lowest BCUT2D eigenvalue weighted by atomic mass is 10.1. The zero-order chi connectivity index (χ0) is 13.1. The van der Waals surface area contributed by atoms with Gasteiger partial charge in [-0.1, -0.05) is 18.5 Å². The fraction of sp³-hybridized carbons (Fsp3) is 0.417. The van der Waals surface area contributed by atoms with Crippen LogP contribution in [0, 0.1) is 0 Å². The van der Waals surface area contributed by atoms with Gasteiger partial charge in [0, 0.05) is 17.3 Å². The molecule has 3 N–H and O–H groups in total. The van der Waals surface area contributed by atoms with Crippen molar-refractivity contribution in [3.8, 4) is 5.75 Å². The summed E-state index contributed by atoms with van der Waals surface area (Å²) in [6.45, 7) is 2.71. The second-order valence-corrected chi connectivity index (χ2v) is 4.33. The van der Waals surface area contributed by atoms with Crippen LogP contribution in [0.3, 0.4) is 0 Å². The third-order valence-electron chi connectivity index (χ3n) is 2.69. The van der Waals surface area contributed by atoms with E-state index in [2.05, 4.69) is 10.6 Å². The van der Waals surface area contributed by atoms with Crippen LogP contribution < -0.4 is 15.4 Å². The van der Waals surface area contributed by atoms with Gasteiger partial charge in [-0.25, -0.2) is 0 Å². The molecule has 5 nitrogen and oxygen atoms in total. The van der Waals surface area contributed by atoms with Crippen molar-refractivity contribution in [2.24, 2.45) is 0 Å². The predicted molar refractivity (Wildman–Crippen MR) is 69.1 cm³/mol. The first-order chi connectivity index (χ1) is 8.67. The molecule has 1 aliphatic heterocycles. The molecule has 0 saturated heterocycles. The fourth-order valence-electron chi connectivity index (χ4n) is 1.93. The highest BCUT2D eigenvalue weighted by molar-refractivity contribution is 6.32. The number of nitrogens with one attached hydrogen (secondary N) is 2. The molecule has 0 spiro atoms. The molecule has 1 aromatic carbocycles. The lowest BCUT2D eigenvalue weighted by molar-refractivity contribution is -0.117. The lowest BCUT2D eigenvalue weighted by Crippen LogP contribution is -2.27. The molecule has 1 unspecified atom stereocenters. The molecule has 2 rings (SSSR count). The Kier molecular flexibility index (Phi) is 4.06. The number of carbonyl (C=O) groups is 1. The topological polar surface area (TPSA) is 70.6 Å². The minimum absolute atomic E-state index is 0.0835. The van der Waals surface area contributed by atoms with Crippen LogP contribution in [0.25, 0.3) is 0 Å². The van der Waals surface area contributed by atoms with Gasteiger partial charge in [-0.2, -0.15) is 0 Å². The van der Waals surface area contributed by atoms with Crippen molar-refractivity contribution in [3.63, 3.8) is 0 Å². The summed E-state index contributed by atoms with van der Waals surface area (Å²) in [6, 6.07) is 3.03. The first-order valence-corrected chi connectivity index (χ1v) is 6.16. The summed E-state index contributed by atoms with van der Waals surface area (Å²) < 4.78 is 5.29. The maximum atomic E-state index is 11.8. The van der Waals surface area contributed by atoms with Crippen molar-refractivity contribution in [1.29, 1.82) is 0 Å². The van der Waals surface area contributed by atoms with Crippen molar-refractivity contribution in [2.45, 2.75) is 13.0 Å². The molecule has 0 aliphatic carbocycles. The fourth-order valence-corrected chi connectivity index (χ4v) is 2.16. The molecule has 1 heterocycles. The summed E-state index contributed by atoms with van der Waals surface area (Å²) in [5, 5.41) is 15.0. The van der Waals surface area contributed by atoms with Gasteiger partial charge in [0.05, 0.1) is 11.6 Å². The molecule has 1 atom stereocenters. The van der Waals surface area contributed by atoms with Gasteiger partial charge in [0.2, 0.25) is 5.91 Å². The molecule has 1 aromatic rings. The second kappa shape index (κ2) is 5.56. The van der Waals surface area contributed by atoms with Crippen LogP contribution in [0.5, 0.6) is 5.75 Å². The van der Waals surface area contributed by atoms with Crippen molar-refractivity contribution >= 4 is 23.2 Å². The van der Waals surface area contributed by atoms with E-state index in [4.69, 9.17) is 21.4 Å². The van der Waals surface area contributed by atoms with E-state index in [1.165, 1.54) is 0 Å². The monoisotopic (exact) mass is 270 g/mol. The molecule has 1 amide bonds. The van der Waals surface area contributed by atoms with Crippen LogP contribution in [-0.4, -0.2) is 30.8 Å². The lowest BCUT2D eigenvalue weighted by Gasteiger charge is -2.11. The quantitative estimate of drug-likeness (QED) is 0.755. The van der Waals surface area contributed by atoms with E-state index in [1.54, 1.807) is 12.1 Å². The number of fused-ring (bicyclic) bond motifs is 1. The van der Waals surface area contributed by atoms with Gasteiger partial charge in [-0.3, -0.25) is 4.79 Å². The van der Waals surface area contributed by atoms with Gasteiger partial charge in [-0.05, 0) is 12.6 Å². The number of carbonyl (C=O) groups excluding carboxylic acids is 1. The van der Waals surface area contributed by atoms with Crippen LogP contribution >= 0.6 is 11.6 Å². The minimum Gasteiger partial charge on any atom is -0.490 e. The first-order valence-electron chi connectivity index (χ1n) is 5.78.